The molecule has 2 aliphatic heterocycles. The zero-order valence-corrected chi connectivity index (χ0v) is 15.5. The van der Waals surface area contributed by atoms with Crippen molar-refractivity contribution in [3.8, 4) is 5.75 Å². The standard InChI is InChI=1S/C20H24N2O3S/c23-20(24)16-13-26-19(21-16)18-15-6-2-1-5-14(15)7-8-17(18)25-12-11-22-9-3-4-10-22/h1-2,5-8,16,19,21H,3-4,9-13H2,(H,23,24). The zero-order chi connectivity index (χ0) is 17.9. The van der Waals surface area contributed by atoms with Crippen LogP contribution in [0.2, 0.25) is 0 Å². The second kappa shape index (κ2) is 7.86. The highest BCUT2D eigenvalue weighted by molar-refractivity contribution is 7.99. The molecule has 5 nitrogen and oxygen atoms in total. The molecule has 2 aliphatic rings. The number of hydrogen-bond donors (Lipinski definition) is 2. The normalized spacial score (nSPS) is 23.5. The molecule has 4 rings (SSSR count). The number of benzene rings is 2. The van der Waals surface area contributed by atoms with Crippen LogP contribution in [0.4, 0.5) is 0 Å². The SMILES string of the molecule is O=C(O)C1CSC(c2c(OCCN3CCCC3)ccc3ccccc23)N1. The van der Waals surface area contributed by atoms with E-state index in [2.05, 4.69) is 28.4 Å². The van der Waals surface area contributed by atoms with Gasteiger partial charge in [-0.25, -0.2) is 0 Å². The zero-order valence-electron chi connectivity index (χ0n) is 14.7. The van der Waals surface area contributed by atoms with E-state index in [1.54, 1.807) is 11.8 Å². The van der Waals surface area contributed by atoms with Crippen LogP contribution in [0.1, 0.15) is 23.8 Å². The molecule has 0 bridgehead atoms. The van der Waals surface area contributed by atoms with Gasteiger partial charge in [-0.05, 0) is 42.8 Å². The molecular weight excluding hydrogens is 348 g/mol. The highest BCUT2D eigenvalue weighted by Gasteiger charge is 2.33. The molecule has 0 radical (unpaired) electrons. The molecule has 2 aromatic carbocycles. The van der Waals surface area contributed by atoms with Crippen molar-refractivity contribution in [1.29, 1.82) is 0 Å². The molecule has 2 aromatic rings. The number of hydrogen-bond acceptors (Lipinski definition) is 5. The summed E-state index contributed by atoms with van der Waals surface area (Å²) in [5.74, 6) is 0.631. The van der Waals surface area contributed by atoms with Crippen molar-refractivity contribution in [2.45, 2.75) is 24.3 Å². The van der Waals surface area contributed by atoms with Gasteiger partial charge in [-0.15, -0.1) is 11.8 Å². The first-order valence-electron chi connectivity index (χ1n) is 9.19. The number of carboxylic acids is 1. The Labute approximate surface area is 157 Å². The topological polar surface area (TPSA) is 61.8 Å². The number of nitrogens with zero attached hydrogens (tertiary/aromatic N) is 1. The number of ether oxygens (including phenoxy) is 1. The van der Waals surface area contributed by atoms with Crippen molar-refractivity contribution in [2.24, 2.45) is 0 Å². The van der Waals surface area contributed by atoms with Crippen molar-refractivity contribution in [2.75, 3.05) is 32.0 Å². The largest absolute Gasteiger partial charge is 0.492 e. The molecule has 0 saturated carbocycles. The van der Waals surface area contributed by atoms with Crippen LogP contribution in [0.3, 0.4) is 0 Å². The maximum atomic E-state index is 11.3. The molecule has 0 amide bonds. The van der Waals surface area contributed by atoms with Crippen molar-refractivity contribution in [1.82, 2.24) is 10.2 Å². The molecule has 2 atom stereocenters. The van der Waals surface area contributed by atoms with E-state index in [9.17, 15) is 9.90 Å². The van der Waals surface area contributed by atoms with Crippen LogP contribution >= 0.6 is 11.8 Å². The van der Waals surface area contributed by atoms with E-state index in [0.29, 0.717) is 12.4 Å². The van der Waals surface area contributed by atoms with E-state index >= 15 is 0 Å². The van der Waals surface area contributed by atoms with Gasteiger partial charge in [-0.1, -0.05) is 30.3 Å². The lowest BCUT2D eigenvalue weighted by Gasteiger charge is -2.21. The van der Waals surface area contributed by atoms with E-state index in [1.807, 2.05) is 18.2 Å². The first kappa shape index (κ1) is 17.6. The van der Waals surface area contributed by atoms with Gasteiger partial charge in [-0.2, -0.15) is 0 Å². The van der Waals surface area contributed by atoms with Gasteiger partial charge >= 0.3 is 5.97 Å². The van der Waals surface area contributed by atoms with Crippen LogP contribution in [0.15, 0.2) is 36.4 Å². The predicted octanol–water partition coefficient (Wildman–Crippen LogP) is 3.10. The quantitative estimate of drug-likeness (QED) is 0.813. The molecule has 0 aromatic heterocycles. The lowest BCUT2D eigenvalue weighted by atomic mass is 10.0. The molecule has 2 fully saturated rings. The molecule has 6 heteroatoms. The van der Waals surface area contributed by atoms with E-state index < -0.39 is 12.0 Å². The number of rotatable bonds is 6. The summed E-state index contributed by atoms with van der Waals surface area (Å²) in [5, 5.41) is 14.8. The number of likely N-dealkylation sites (tertiary alicyclic amines) is 1. The Balaban J connectivity index is 1.58. The summed E-state index contributed by atoms with van der Waals surface area (Å²) in [5.41, 5.74) is 1.07. The highest BCUT2D eigenvalue weighted by atomic mass is 32.2. The minimum atomic E-state index is -0.795. The average Bonchev–Trinajstić information content (AvgIpc) is 3.33. The molecule has 26 heavy (non-hydrogen) atoms. The first-order valence-corrected chi connectivity index (χ1v) is 10.2. The van der Waals surface area contributed by atoms with Gasteiger partial charge in [-0.3, -0.25) is 15.0 Å². The Morgan fingerprint density at radius 3 is 2.81 bits per heavy atom. The Bertz CT molecular complexity index is 792. The van der Waals surface area contributed by atoms with E-state index in [-0.39, 0.29) is 5.37 Å². The van der Waals surface area contributed by atoms with Crippen LogP contribution in [0, 0.1) is 0 Å². The summed E-state index contributed by atoms with van der Waals surface area (Å²) in [7, 11) is 0. The van der Waals surface area contributed by atoms with Crippen LogP contribution in [-0.4, -0.2) is 54.0 Å². The van der Waals surface area contributed by atoms with Crippen LogP contribution in [0.5, 0.6) is 5.75 Å². The summed E-state index contributed by atoms with van der Waals surface area (Å²) in [4.78, 5) is 13.8. The van der Waals surface area contributed by atoms with Gasteiger partial charge < -0.3 is 9.84 Å². The third-order valence-electron chi connectivity index (χ3n) is 5.14. The summed E-state index contributed by atoms with van der Waals surface area (Å²) >= 11 is 1.64. The van der Waals surface area contributed by atoms with E-state index in [1.165, 1.54) is 12.8 Å². The summed E-state index contributed by atoms with van der Waals surface area (Å²) < 4.78 is 6.17. The molecule has 138 valence electrons. The molecule has 2 saturated heterocycles. The highest BCUT2D eigenvalue weighted by Crippen LogP contribution is 2.41. The minimum Gasteiger partial charge on any atom is -0.492 e. The maximum Gasteiger partial charge on any atom is 0.321 e. The van der Waals surface area contributed by atoms with Crippen LogP contribution < -0.4 is 10.1 Å². The molecule has 0 aliphatic carbocycles. The Hall–Kier alpha value is -1.76. The minimum absolute atomic E-state index is 0.0658. The monoisotopic (exact) mass is 372 g/mol. The van der Waals surface area contributed by atoms with E-state index in [0.717, 1.165) is 41.7 Å². The van der Waals surface area contributed by atoms with E-state index in [4.69, 9.17) is 4.74 Å². The van der Waals surface area contributed by atoms with Gasteiger partial charge in [0.1, 0.15) is 18.4 Å². The fraction of sp³-hybridized carbons (Fsp3) is 0.450. The van der Waals surface area contributed by atoms with Gasteiger partial charge in [0.15, 0.2) is 0 Å². The third-order valence-corrected chi connectivity index (χ3v) is 6.37. The number of carboxylic acid groups (broad SMARTS) is 1. The van der Waals surface area contributed by atoms with Gasteiger partial charge in [0.25, 0.3) is 0 Å². The number of thioether (sulfide) groups is 1. The number of nitrogens with one attached hydrogen (secondary N) is 1. The summed E-state index contributed by atoms with van der Waals surface area (Å²) in [6.45, 7) is 3.92. The third kappa shape index (κ3) is 3.68. The lowest BCUT2D eigenvalue weighted by molar-refractivity contribution is -0.138. The second-order valence-electron chi connectivity index (χ2n) is 6.87. The van der Waals surface area contributed by atoms with Gasteiger partial charge in [0, 0.05) is 17.9 Å². The number of fused-ring (bicyclic) bond motifs is 1. The summed E-state index contributed by atoms with van der Waals surface area (Å²) in [6.07, 6.45) is 2.56. The first-order chi connectivity index (χ1) is 12.7. The molecule has 2 heterocycles. The summed E-state index contributed by atoms with van der Waals surface area (Å²) in [6, 6.07) is 11.8. The fourth-order valence-corrected chi connectivity index (χ4v) is 5.04. The smallest absolute Gasteiger partial charge is 0.321 e. The van der Waals surface area contributed by atoms with Crippen molar-refractivity contribution in [3.05, 3.63) is 42.0 Å². The van der Waals surface area contributed by atoms with Crippen molar-refractivity contribution in [3.63, 3.8) is 0 Å². The van der Waals surface area contributed by atoms with Crippen LogP contribution in [-0.2, 0) is 4.79 Å². The Morgan fingerprint density at radius 2 is 2.04 bits per heavy atom. The molecular formula is C20H24N2O3S. The van der Waals surface area contributed by atoms with Crippen molar-refractivity contribution < 1.29 is 14.6 Å². The number of carbonyl (C=O) groups is 1. The predicted molar refractivity (Wildman–Crippen MR) is 105 cm³/mol. The van der Waals surface area contributed by atoms with Crippen LogP contribution in [0.25, 0.3) is 10.8 Å². The Kier molecular flexibility index (Phi) is 5.33. The lowest BCUT2D eigenvalue weighted by Crippen LogP contribution is -2.33. The maximum absolute atomic E-state index is 11.3. The van der Waals surface area contributed by atoms with Gasteiger partial charge in [0.05, 0.1) is 5.37 Å². The van der Waals surface area contributed by atoms with Gasteiger partial charge in [0.2, 0.25) is 0 Å². The molecule has 2 N–H and O–H groups in total. The molecule has 2 unspecified atom stereocenters. The second-order valence-corrected chi connectivity index (χ2v) is 8.00. The Morgan fingerprint density at radius 1 is 1.23 bits per heavy atom. The van der Waals surface area contributed by atoms with Crippen molar-refractivity contribution >= 4 is 28.5 Å². The average molecular weight is 372 g/mol. The molecule has 0 spiro atoms. The fourth-order valence-electron chi connectivity index (χ4n) is 3.74. The number of aliphatic carboxylic acids is 1.